The molecule has 3 heterocycles. The number of nitrogens with zero attached hydrogens (tertiary/aromatic N) is 4. The maximum atomic E-state index is 6.90. The Balaban J connectivity index is 0.979. The largest absolute Gasteiger partial charge is 0.455 e. The highest BCUT2D eigenvalue weighted by Gasteiger charge is 2.21. The summed E-state index contributed by atoms with van der Waals surface area (Å²) in [4.78, 5) is 15.2. The third-order valence-corrected chi connectivity index (χ3v) is 11.9. The molecule has 3 aromatic heterocycles. The molecular formula is C57H36N4O. The van der Waals surface area contributed by atoms with Gasteiger partial charge in [-0.05, 0) is 69.8 Å². The van der Waals surface area contributed by atoms with E-state index in [0.29, 0.717) is 17.5 Å². The van der Waals surface area contributed by atoms with E-state index in [1.54, 1.807) is 0 Å². The molecule has 0 unspecified atom stereocenters. The van der Waals surface area contributed by atoms with Crippen LogP contribution >= 0.6 is 0 Å². The monoisotopic (exact) mass is 792 g/mol. The lowest BCUT2D eigenvalue weighted by molar-refractivity contribution is 0.670. The van der Waals surface area contributed by atoms with Crippen LogP contribution in [0.4, 0.5) is 0 Å². The van der Waals surface area contributed by atoms with Crippen LogP contribution in [0, 0.1) is 0 Å². The van der Waals surface area contributed by atoms with Crippen molar-refractivity contribution in [2.24, 2.45) is 0 Å². The first kappa shape index (κ1) is 35.5. The van der Waals surface area contributed by atoms with Gasteiger partial charge in [-0.1, -0.05) is 176 Å². The van der Waals surface area contributed by atoms with Crippen LogP contribution in [0.25, 0.3) is 117 Å². The third-order valence-electron chi connectivity index (χ3n) is 11.9. The van der Waals surface area contributed by atoms with Crippen LogP contribution in [0.15, 0.2) is 223 Å². The summed E-state index contributed by atoms with van der Waals surface area (Å²) in [6.45, 7) is 0. The minimum Gasteiger partial charge on any atom is -0.455 e. The van der Waals surface area contributed by atoms with E-state index in [1.807, 2.05) is 42.5 Å². The highest BCUT2D eigenvalue weighted by Crippen LogP contribution is 2.41. The quantitative estimate of drug-likeness (QED) is 0.161. The third kappa shape index (κ3) is 6.14. The molecule has 0 aliphatic carbocycles. The zero-order valence-corrected chi connectivity index (χ0v) is 33.5. The molecule has 0 N–H and O–H groups in total. The summed E-state index contributed by atoms with van der Waals surface area (Å²) in [5, 5.41) is 4.39. The van der Waals surface area contributed by atoms with Crippen molar-refractivity contribution in [2.75, 3.05) is 0 Å². The van der Waals surface area contributed by atoms with Gasteiger partial charge in [0.05, 0.1) is 16.6 Å². The van der Waals surface area contributed by atoms with Crippen LogP contribution in [-0.2, 0) is 0 Å². The first-order valence-corrected chi connectivity index (χ1v) is 20.8. The summed E-state index contributed by atoms with van der Waals surface area (Å²) in [5.74, 6) is 1.76. The molecule has 5 nitrogen and oxygen atoms in total. The number of fused-ring (bicyclic) bond motifs is 6. The Morgan fingerprint density at radius 3 is 1.48 bits per heavy atom. The average molecular weight is 793 g/mol. The van der Waals surface area contributed by atoms with Gasteiger partial charge < -0.3 is 8.98 Å². The maximum Gasteiger partial charge on any atom is 0.167 e. The smallest absolute Gasteiger partial charge is 0.167 e. The van der Waals surface area contributed by atoms with Crippen LogP contribution in [0.3, 0.4) is 0 Å². The molecule has 62 heavy (non-hydrogen) atoms. The first-order chi connectivity index (χ1) is 30.7. The summed E-state index contributed by atoms with van der Waals surface area (Å²) < 4.78 is 9.24. The minimum atomic E-state index is 0.555. The highest BCUT2D eigenvalue weighted by atomic mass is 16.3. The summed E-state index contributed by atoms with van der Waals surface area (Å²) in [6.07, 6.45) is 0. The lowest BCUT2D eigenvalue weighted by Crippen LogP contribution is -2.00. The minimum absolute atomic E-state index is 0.555. The van der Waals surface area contributed by atoms with Gasteiger partial charge >= 0.3 is 0 Å². The molecule has 12 rings (SSSR count). The van der Waals surface area contributed by atoms with E-state index >= 15 is 0 Å². The number of furan rings is 1. The van der Waals surface area contributed by atoms with Crippen LogP contribution < -0.4 is 0 Å². The van der Waals surface area contributed by atoms with Crippen molar-refractivity contribution in [3.63, 3.8) is 0 Å². The van der Waals surface area contributed by atoms with E-state index in [4.69, 9.17) is 19.4 Å². The van der Waals surface area contributed by atoms with Gasteiger partial charge in [0, 0.05) is 44.4 Å². The van der Waals surface area contributed by atoms with Gasteiger partial charge in [-0.2, -0.15) is 0 Å². The predicted octanol–water partition coefficient (Wildman–Crippen LogP) is 14.9. The molecule has 290 valence electrons. The number of hydrogen-bond donors (Lipinski definition) is 0. The molecule has 0 bridgehead atoms. The van der Waals surface area contributed by atoms with E-state index in [9.17, 15) is 0 Å². The normalized spacial score (nSPS) is 11.5. The Labute approximate surface area is 357 Å². The Morgan fingerprint density at radius 1 is 0.306 bits per heavy atom. The summed E-state index contributed by atoms with van der Waals surface area (Å²) in [6, 6.07) is 76.4. The topological polar surface area (TPSA) is 56.7 Å². The number of aromatic nitrogens is 4. The average Bonchev–Trinajstić information content (AvgIpc) is 3.89. The fourth-order valence-electron chi connectivity index (χ4n) is 8.81. The van der Waals surface area contributed by atoms with Crippen LogP contribution in [0.5, 0.6) is 0 Å². The summed E-state index contributed by atoms with van der Waals surface area (Å²) in [5.41, 5.74) is 14.5. The predicted molar refractivity (Wildman–Crippen MR) is 254 cm³/mol. The molecule has 0 spiro atoms. The van der Waals surface area contributed by atoms with Gasteiger partial charge in [0.15, 0.2) is 17.5 Å². The molecular weight excluding hydrogens is 757 g/mol. The van der Waals surface area contributed by atoms with E-state index in [0.717, 1.165) is 71.9 Å². The van der Waals surface area contributed by atoms with Crippen molar-refractivity contribution in [3.8, 4) is 73.2 Å². The molecule has 0 aliphatic rings. The molecule has 0 fully saturated rings. The Kier molecular flexibility index (Phi) is 8.42. The Bertz CT molecular complexity index is 3590. The van der Waals surface area contributed by atoms with Gasteiger partial charge in [0.25, 0.3) is 0 Å². The van der Waals surface area contributed by atoms with Crippen molar-refractivity contribution in [2.45, 2.75) is 0 Å². The van der Waals surface area contributed by atoms with Gasteiger partial charge in [-0.15, -0.1) is 0 Å². The van der Waals surface area contributed by atoms with Crippen molar-refractivity contribution in [3.05, 3.63) is 218 Å². The molecule has 0 saturated carbocycles. The first-order valence-electron chi connectivity index (χ1n) is 20.8. The van der Waals surface area contributed by atoms with Crippen molar-refractivity contribution in [1.29, 1.82) is 0 Å². The SMILES string of the molecule is c1ccc(-c2ccc(-c3nc(-c4ccccc4)nc(-c4cccc5c4oc4cc6c(cc45)c4ccccc4n6-c4ccc(-c5cccc(-c6ccccc6)c5)cc4)n3)cc2)cc1. The molecule has 0 amide bonds. The number of rotatable bonds is 7. The second-order valence-corrected chi connectivity index (χ2v) is 15.6. The summed E-state index contributed by atoms with van der Waals surface area (Å²) >= 11 is 0. The zero-order chi connectivity index (χ0) is 41.0. The summed E-state index contributed by atoms with van der Waals surface area (Å²) in [7, 11) is 0. The second-order valence-electron chi connectivity index (χ2n) is 15.6. The van der Waals surface area contributed by atoms with E-state index in [1.165, 1.54) is 27.6 Å². The standard InChI is InChI=1S/C57H36N4O/c1-4-14-37(15-5-1)39-26-28-42(29-27-39)56-58-55(41-18-8-3-9-19-41)59-57(60-56)48-24-13-23-47-50-35-49-46-22-10-11-25-51(46)61(52(49)36-53(50)62-54(47)48)45-32-30-40(31-33-45)44-21-12-20-43(34-44)38-16-6-2-7-17-38/h1-36H. The van der Waals surface area contributed by atoms with E-state index in [-0.39, 0.29) is 0 Å². The molecule has 9 aromatic carbocycles. The van der Waals surface area contributed by atoms with Crippen molar-refractivity contribution in [1.82, 2.24) is 19.5 Å². The van der Waals surface area contributed by atoms with Crippen LogP contribution in [-0.4, -0.2) is 19.5 Å². The molecule has 0 saturated heterocycles. The Morgan fingerprint density at radius 2 is 0.790 bits per heavy atom. The van der Waals surface area contributed by atoms with Gasteiger partial charge in [-0.25, -0.2) is 15.0 Å². The van der Waals surface area contributed by atoms with Gasteiger partial charge in [-0.3, -0.25) is 0 Å². The lowest BCUT2D eigenvalue weighted by Gasteiger charge is -2.10. The fraction of sp³-hybridized carbons (Fsp3) is 0. The number of hydrogen-bond acceptors (Lipinski definition) is 4. The van der Waals surface area contributed by atoms with Gasteiger partial charge in [0.2, 0.25) is 0 Å². The maximum absolute atomic E-state index is 6.90. The van der Waals surface area contributed by atoms with Crippen molar-refractivity contribution < 1.29 is 4.42 Å². The highest BCUT2D eigenvalue weighted by molar-refractivity contribution is 6.18. The van der Waals surface area contributed by atoms with E-state index in [2.05, 4.69) is 180 Å². The number of para-hydroxylation sites is 2. The lowest BCUT2D eigenvalue weighted by atomic mass is 9.99. The molecule has 0 atom stereocenters. The zero-order valence-electron chi connectivity index (χ0n) is 33.5. The second kappa shape index (κ2) is 14.7. The molecule has 0 aliphatic heterocycles. The molecule has 0 radical (unpaired) electrons. The number of benzene rings is 9. The van der Waals surface area contributed by atoms with Crippen molar-refractivity contribution >= 4 is 43.7 Å². The Hall–Kier alpha value is -8.41. The van der Waals surface area contributed by atoms with Crippen LogP contribution in [0.2, 0.25) is 0 Å². The molecule has 12 aromatic rings. The fourth-order valence-corrected chi connectivity index (χ4v) is 8.81. The molecule has 5 heteroatoms. The van der Waals surface area contributed by atoms with Gasteiger partial charge in [0.1, 0.15) is 11.2 Å². The van der Waals surface area contributed by atoms with E-state index < -0.39 is 0 Å². The van der Waals surface area contributed by atoms with Crippen LogP contribution in [0.1, 0.15) is 0 Å².